The third-order valence-corrected chi connectivity index (χ3v) is 4.86. The Hall–Kier alpha value is -0.730. The van der Waals surface area contributed by atoms with Crippen LogP contribution in [0.1, 0.15) is 19.8 Å². The van der Waals surface area contributed by atoms with Crippen molar-refractivity contribution in [2.75, 3.05) is 17.8 Å². The molecule has 0 unspecified atom stereocenters. The van der Waals surface area contributed by atoms with Crippen molar-refractivity contribution in [3.8, 4) is 0 Å². The van der Waals surface area contributed by atoms with E-state index in [-0.39, 0.29) is 5.82 Å². The Balaban J connectivity index is 2.05. The van der Waals surface area contributed by atoms with Gasteiger partial charge in [0.05, 0.1) is 12.4 Å². The van der Waals surface area contributed by atoms with Gasteiger partial charge in [-0.3, -0.25) is 4.72 Å². The van der Waals surface area contributed by atoms with Crippen molar-refractivity contribution >= 4 is 32.0 Å². The Bertz CT molecular complexity index is 497. The van der Waals surface area contributed by atoms with E-state index in [0.717, 1.165) is 12.8 Å². The molecule has 1 saturated heterocycles. The van der Waals surface area contributed by atoms with Gasteiger partial charge in [-0.15, -0.1) is 0 Å². The second kappa shape index (κ2) is 5.50. The van der Waals surface area contributed by atoms with Crippen LogP contribution < -0.4 is 4.72 Å². The lowest BCUT2D eigenvalue weighted by molar-refractivity contribution is 0.289. The van der Waals surface area contributed by atoms with Crippen LogP contribution in [0.2, 0.25) is 0 Å². The number of hydrogen-bond donors (Lipinski definition) is 1. The number of piperidine rings is 1. The molecule has 0 spiro atoms. The first-order chi connectivity index (χ1) is 8.47. The van der Waals surface area contributed by atoms with Gasteiger partial charge < -0.3 is 0 Å². The van der Waals surface area contributed by atoms with Gasteiger partial charge in [-0.2, -0.15) is 12.7 Å². The first kappa shape index (κ1) is 13.7. The number of aromatic nitrogens is 2. The van der Waals surface area contributed by atoms with Crippen LogP contribution in [-0.4, -0.2) is 35.8 Å². The van der Waals surface area contributed by atoms with Crippen LogP contribution in [0.4, 0.5) is 5.82 Å². The van der Waals surface area contributed by atoms with E-state index in [2.05, 4.69) is 37.5 Å². The number of anilines is 1. The SMILES string of the molecule is CC1CCN(S(=O)(=O)Nc2cnc(Br)cn2)CC1. The van der Waals surface area contributed by atoms with Crippen molar-refractivity contribution < 1.29 is 8.42 Å². The molecule has 1 aliphatic rings. The van der Waals surface area contributed by atoms with Crippen LogP contribution in [0, 0.1) is 5.92 Å². The molecule has 8 heteroatoms. The molecule has 1 fully saturated rings. The molecule has 18 heavy (non-hydrogen) atoms. The van der Waals surface area contributed by atoms with Gasteiger partial charge in [0.15, 0.2) is 5.82 Å². The summed E-state index contributed by atoms with van der Waals surface area (Å²) in [6, 6.07) is 0. The maximum atomic E-state index is 12.1. The number of hydrogen-bond acceptors (Lipinski definition) is 4. The lowest BCUT2D eigenvalue weighted by atomic mass is 10.0. The third-order valence-electron chi connectivity index (χ3n) is 2.94. The Labute approximate surface area is 115 Å². The van der Waals surface area contributed by atoms with E-state index in [1.54, 1.807) is 0 Å². The minimum Gasteiger partial charge on any atom is -0.253 e. The molecular weight excluding hydrogens is 320 g/mol. The summed E-state index contributed by atoms with van der Waals surface area (Å²) in [5, 5.41) is 0. The van der Waals surface area contributed by atoms with Gasteiger partial charge in [0.25, 0.3) is 0 Å². The van der Waals surface area contributed by atoms with Crippen molar-refractivity contribution in [3.05, 3.63) is 17.0 Å². The summed E-state index contributed by atoms with van der Waals surface area (Å²) in [6.07, 6.45) is 4.63. The highest BCUT2D eigenvalue weighted by molar-refractivity contribution is 9.10. The average Bonchev–Trinajstić information content (AvgIpc) is 2.32. The molecule has 0 radical (unpaired) electrons. The zero-order chi connectivity index (χ0) is 13.2. The number of rotatable bonds is 3. The van der Waals surface area contributed by atoms with E-state index >= 15 is 0 Å². The molecule has 1 aromatic heterocycles. The lowest BCUT2D eigenvalue weighted by Gasteiger charge is -2.29. The normalized spacial score (nSPS) is 18.8. The summed E-state index contributed by atoms with van der Waals surface area (Å²) in [5.74, 6) is 0.820. The molecule has 1 aliphatic heterocycles. The zero-order valence-corrected chi connectivity index (χ0v) is 12.4. The molecule has 0 aromatic carbocycles. The van der Waals surface area contributed by atoms with Gasteiger partial charge >= 0.3 is 10.2 Å². The van der Waals surface area contributed by atoms with Crippen LogP contribution in [0.5, 0.6) is 0 Å². The Morgan fingerprint density at radius 1 is 1.33 bits per heavy atom. The molecule has 0 amide bonds. The summed E-state index contributed by atoms with van der Waals surface area (Å²) in [7, 11) is -3.51. The number of nitrogens with zero attached hydrogens (tertiary/aromatic N) is 3. The fourth-order valence-electron chi connectivity index (χ4n) is 1.79. The smallest absolute Gasteiger partial charge is 0.253 e. The molecule has 0 aliphatic carbocycles. The first-order valence-electron chi connectivity index (χ1n) is 5.73. The monoisotopic (exact) mass is 334 g/mol. The van der Waals surface area contributed by atoms with E-state index in [9.17, 15) is 8.42 Å². The molecule has 0 saturated carbocycles. The summed E-state index contributed by atoms with van der Waals surface area (Å²) in [6.45, 7) is 3.25. The molecule has 2 heterocycles. The maximum Gasteiger partial charge on any atom is 0.302 e. The van der Waals surface area contributed by atoms with Gasteiger partial charge in [-0.05, 0) is 34.7 Å². The predicted molar refractivity (Wildman–Crippen MR) is 72.2 cm³/mol. The molecule has 1 N–H and O–H groups in total. The van der Waals surface area contributed by atoms with Crippen molar-refractivity contribution in [2.45, 2.75) is 19.8 Å². The highest BCUT2D eigenvalue weighted by Crippen LogP contribution is 2.19. The summed E-state index contributed by atoms with van der Waals surface area (Å²) >= 11 is 3.15. The lowest BCUT2D eigenvalue weighted by Crippen LogP contribution is -2.41. The van der Waals surface area contributed by atoms with E-state index in [1.807, 2.05) is 0 Å². The molecule has 0 bridgehead atoms. The van der Waals surface area contributed by atoms with Crippen molar-refractivity contribution in [1.29, 1.82) is 0 Å². The van der Waals surface area contributed by atoms with Crippen LogP contribution in [0.25, 0.3) is 0 Å². The Kier molecular flexibility index (Phi) is 4.18. The largest absolute Gasteiger partial charge is 0.302 e. The summed E-state index contributed by atoms with van der Waals surface area (Å²) in [4.78, 5) is 7.88. The Morgan fingerprint density at radius 2 is 2.00 bits per heavy atom. The second-order valence-corrected chi connectivity index (χ2v) is 6.90. The van der Waals surface area contributed by atoms with Gasteiger partial charge in [0.1, 0.15) is 4.60 Å². The fourth-order valence-corrected chi connectivity index (χ4v) is 3.18. The minimum atomic E-state index is -3.51. The molecular formula is C10H15BrN4O2S. The van der Waals surface area contributed by atoms with Crippen LogP contribution in [0.3, 0.4) is 0 Å². The van der Waals surface area contributed by atoms with E-state index in [1.165, 1.54) is 16.7 Å². The van der Waals surface area contributed by atoms with Crippen LogP contribution >= 0.6 is 15.9 Å². The van der Waals surface area contributed by atoms with Crippen LogP contribution in [0.15, 0.2) is 17.0 Å². The van der Waals surface area contributed by atoms with E-state index in [0.29, 0.717) is 23.6 Å². The topological polar surface area (TPSA) is 75.2 Å². The van der Waals surface area contributed by atoms with E-state index < -0.39 is 10.2 Å². The van der Waals surface area contributed by atoms with Crippen LogP contribution in [-0.2, 0) is 10.2 Å². The van der Waals surface area contributed by atoms with Gasteiger partial charge in [0, 0.05) is 13.1 Å². The van der Waals surface area contributed by atoms with Crippen molar-refractivity contribution in [3.63, 3.8) is 0 Å². The molecule has 6 nitrogen and oxygen atoms in total. The first-order valence-corrected chi connectivity index (χ1v) is 7.96. The average molecular weight is 335 g/mol. The highest BCUT2D eigenvalue weighted by atomic mass is 79.9. The molecule has 0 atom stereocenters. The second-order valence-electron chi connectivity index (χ2n) is 4.41. The van der Waals surface area contributed by atoms with Crippen molar-refractivity contribution in [2.24, 2.45) is 5.92 Å². The minimum absolute atomic E-state index is 0.233. The summed E-state index contributed by atoms with van der Waals surface area (Å²) in [5.41, 5.74) is 0. The Morgan fingerprint density at radius 3 is 2.56 bits per heavy atom. The van der Waals surface area contributed by atoms with Crippen molar-refractivity contribution in [1.82, 2.24) is 14.3 Å². The fraction of sp³-hybridized carbons (Fsp3) is 0.600. The maximum absolute atomic E-state index is 12.1. The predicted octanol–water partition coefficient (Wildman–Crippen LogP) is 1.63. The molecule has 2 rings (SSSR count). The number of nitrogens with one attached hydrogen (secondary N) is 1. The van der Waals surface area contributed by atoms with E-state index in [4.69, 9.17) is 0 Å². The van der Waals surface area contributed by atoms with Gasteiger partial charge in [-0.25, -0.2) is 9.97 Å². The van der Waals surface area contributed by atoms with Gasteiger partial charge in [-0.1, -0.05) is 6.92 Å². The van der Waals surface area contributed by atoms with Gasteiger partial charge in [0.2, 0.25) is 0 Å². The standard InChI is InChI=1S/C10H15BrN4O2S/c1-8-2-4-15(5-3-8)18(16,17)14-10-7-12-9(11)6-13-10/h6-8H,2-5H2,1H3,(H,13,14). The highest BCUT2D eigenvalue weighted by Gasteiger charge is 2.26. The molecule has 1 aromatic rings. The zero-order valence-electron chi connectivity index (χ0n) is 10.0. The molecule has 100 valence electrons. The summed E-state index contributed by atoms with van der Waals surface area (Å²) < 4.78 is 28.6. The number of halogens is 1. The quantitative estimate of drug-likeness (QED) is 0.911. The third kappa shape index (κ3) is 3.39.